The summed E-state index contributed by atoms with van der Waals surface area (Å²) in [5.74, 6) is 0.809. The van der Waals surface area contributed by atoms with Gasteiger partial charge in [-0.3, -0.25) is 4.79 Å². The van der Waals surface area contributed by atoms with Crippen molar-refractivity contribution in [2.45, 2.75) is 26.3 Å². The van der Waals surface area contributed by atoms with E-state index in [1.807, 2.05) is 38.1 Å². The molecule has 1 N–H and O–H groups in total. The second-order valence-electron chi connectivity index (χ2n) is 4.29. The molecule has 0 spiro atoms. The summed E-state index contributed by atoms with van der Waals surface area (Å²) in [6, 6.07) is 7.79. The van der Waals surface area contributed by atoms with Crippen LogP contribution in [0, 0.1) is 6.92 Å². The summed E-state index contributed by atoms with van der Waals surface area (Å²) < 4.78 is 10.5. The molecule has 100 valence electrons. The van der Waals surface area contributed by atoms with Crippen LogP contribution in [0.1, 0.15) is 18.9 Å². The molecule has 0 radical (unpaired) electrons. The molecule has 1 aromatic carbocycles. The molecule has 0 fully saturated rings. The Kier molecular flexibility index (Phi) is 6.22. The fourth-order valence-corrected chi connectivity index (χ4v) is 1.61. The lowest BCUT2D eigenvalue weighted by molar-refractivity contribution is -0.122. The van der Waals surface area contributed by atoms with E-state index >= 15 is 0 Å². The minimum absolute atomic E-state index is 0.0202. The number of carbonyl (C=O) groups excluding carboxylic acids is 1. The number of para-hydroxylation sites is 1. The first-order chi connectivity index (χ1) is 8.63. The minimum atomic E-state index is -0.0202. The van der Waals surface area contributed by atoms with Gasteiger partial charge in [-0.05, 0) is 25.5 Å². The number of ether oxygens (including phenoxy) is 2. The van der Waals surface area contributed by atoms with E-state index in [1.54, 1.807) is 7.11 Å². The molecule has 0 saturated heterocycles. The van der Waals surface area contributed by atoms with Crippen molar-refractivity contribution in [3.05, 3.63) is 29.8 Å². The summed E-state index contributed by atoms with van der Waals surface area (Å²) in [6.45, 7) is 4.79. The highest BCUT2D eigenvalue weighted by Crippen LogP contribution is 2.16. The Bertz CT molecular complexity index is 379. The van der Waals surface area contributed by atoms with Gasteiger partial charge in [0.05, 0.1) is 19.6 Å². The van der Waals surface area contributed by atoms with Crippen LogP contribution in [0.2, 0.25) is 0 Å². The van der Waals surface area contributed by atoms with E-state index in [0.29, 0.717) is 19.6 Å². The van der Waals surface area contributed by atoms with Crippen molar-refractivity contribution in [3.8, 4) is 5.75 Å². The fourth-order valence-electron chi connectivity index (χ4n) is 1.61. The Morgan fingerprint density at radius 1 is 1.39 bits per heavy atom. The highest BCUT2D eigenvalue weighted by atomic mass is 16.5. The first kappa shape index (κ1) is 14.5. The van der Waals surface area contributed by atoms with E-state index in [9.17, 15) is 4.79 Å². The third kappa shape index (κ3) is 5.19. The number of carbonyl (C=O) groups is 1. The quantitative estimate of drug-likeness (QED) is 0.805. The van der Waals surface area contributed by atoms with E-state index in [2.05, 4.69) is 5.32 Å². The van der Waals surface area contributed by atoms with Crippen molar-refractivity contribution >= 4 is 5.91 Å². The average Bonchev–Trinajstić information content (AvgIpc) is 2.31. The topological polar surface area (TPSA) is 47.6 Å². The lowest BCUT2D eigenvalue weighted by Gasteiger charge is -2.13. The van der Waals surface area contributed by atoms with Crippen LogP contribution >= 0.6 is 0 Å². The summed E-state index contributed by atoms with van der Waals surface area (Å²) in [5, 5.41) is 2.84. The third-order valence-electron chi connectivity index (χ3n) is 2.50. The first-order valence-corrected chi connectivity index (χ1v) is 6.10. The van der Waals surface area contributed by atoms with Crippen molar-refractivity contribution in [1.82, 2.24) is 5.32 Å². The predicted octanol–water partition coefficient (Wildman–Crippen LogP) is 1.92. The number of amides is 1. The van der Waals surface area contributed by atoms with Crippen LogP contribution < -0.4 is 10.1 Å². The molecule has 18 heavy (non-hydrogen) atoms. The molecule has 0 unspecified atom stereocenters. The van der Waals surface area contributed by atoms with Gasteiger partial charge < -0.3 is 14.8 Å². The Balaban J connectivity index is 2.25. The molecule has 0 heterocycles. The molecule has 1 atom stereocenters. The molecule has 0 bridgehead atoms. The maximum absolute atomic E-state index is 11.6. The molecule has 0 aliphatic carbocycles. The zero-order chi connectivity index (χ0) is 13.4. The normalized spacial score (nSPS) is 11.9. The molecule has 4 nitrogen and oxygen atoms in total. The molecular formula is C14H21NO3. The van der Waals surface area contributed by atoms with Gasteiger partial charge in [0.15, 0.2) is 0 Å². The monoisotopic (exact) mass is 251 g/mol. The molecule has 0 aliphatic rings. The molecule has 0 aromatic heterocycles. The number of hydrogen-bond acceptors (Lipinski definition) is 3. The number of methoxy groups -OCH3 is 1. The highest BCUT2D eigenvalue weighted by Gasteiger charge is 2.07. The summed E-state index contributed by atoms with van der Waals surface area (Å²) in [4.78, 5) is 11.6. The second kappa shape index (κ2) is 7.71. The summed E-state index contributed by atoms with van der Waals surface area (Å²) in [5.41, 5.74) is 1.07. The van der Waals surface area contributed by atoms with Gasteiger partial charge in [-0.25, -0.2) is 0 Å². The van der Waals surface area contributed by atoms with Crippen molar-refractivity contribution < 1.29 is 14.3 Å². The van der Waals surface area contributed by atoms with Crippen LogP contribution in [0.15, 0.2) is 24.3 Å². The van der Waals surface area contributed by atoms with Crippen LogP contribution in [0.3, 0.4) is 0 Å². The number of nitrogens with one attached hydrogen (secondary N) is 1. The predicted molar refractivity (Wildman–Crippen MR) is 70.8 cm³/mol. The van der Waals surface area contributed by atoms with E-state index in [-0.39, 0.29) is 11.9 Å². The lowest BCUT2D eigenvalue weighted by atomic mass is 10.2. The molecule has 4 heteroatoms. The highest BCUT2D eigenvalue weighted by molar-refractivity contribution is 5.76. The Morgan fingerprint density at radius 3 is 2.78 bits per heavy atom. The zero-order valence-electron chi connectivity index (χ0n) is 11.2. The second-order valence-corrected chi connectivity index (χ2v) is 4.29. The van der Waals surface area contributed by atoms with Crippen molar-refractivity contribution in [3.63, 3.8) is 0 Å². The van der Waals surface area contributed by atoms with Crippen molar-refractivity contribution in [1.29, 1.82) is 0 Å². The smallest absolute Gasteiger partial charge is 0.223 e. The molecule has 1 amide bonds. The van der Waals surface area contributed by atoms with Gasteiger partial charge in [0.2, 0.25) is 5.91 Å². The van der Waals surface area contributed by atoms with Gasteiger partial charge in [-0.2, -0.15) is 0 Å². The van der Waals surface area contributed by atoms with Gasteiger partial charge in [0.25, 0.3) is 0 Å². The number of aryl methyl sites for hydroxylation is 1. The zero-order valence-corrected chi connectivity index (χ0v) is 11.2. The van der Waals surface area contributed by atoms with E-state index in [0.717, 1.165) is 11.3 Å². The third-order valence-corrected chi connectivity index (χ3v) is 2.50. The molecule has 0 aliphatic heterocycles. The van der Waals surface area contributed by atoms with Crippen LogP contribution in [-0.4, -0.2) is 32.3 Å². The Labute approximate surface area is 108 Å². The maximum atomic E-state index is 11.6. The SMILES string of the molecule is COC[C@H](C)NC(=O)CCOc1ccccc1C. The van der Waals surface area contributed by atoms with Crippen LogP contribution in [-0.2, 0) is 9.53 Å². The first-order valence-electron chi connectivity index (χ1n) is 6.10. The molecule has 1 aromatic rings. The Morgan fingerprint density at radius 2 is 2.11 bits per heavy atom. The largest absolute Gasteiger partial charge is 0.493 e. The lowest BCUT2D eigenvalue weighted by Crippen LogP contribution is -2.36. The van der Waals surface area contributed by atoms with Gasteiger partial charge in [-0.15, -0.1) is 0 Å². The number of rotatable bonds is 7. The summed E-state index contributed by atoms with van der Waals surface area (Å²) in [7, 11) is 1.62. The van der Waals surface area contributed by atoms with Gasteiger partial charge in [0.1, 0.15) is 5.75 Å². The van der Waals surface area contributed by atoms with Crippen LogP contribution in [0.4, 0.5) is 0 Å². The fraction of sp³-hybridized carbons (Fsp3) is 0.500. The van der Waals surface area contributed by atoms with Gasteiger partial charge >= 0.3 is 0 Å². The van der Waals surface area contributed by atoms with Gasteiger partial charge in [-0.1, -0.05) is 18.2 Å². The van der Waals surface area contributed by atoms with Crippen LogP contribution in [0.25, 0.3) is 0 Å². The number of hydrogen-bond donors (Lipinski definition) is 1. The summed E-state index contributed by atoms with van der Waals surface area (Å²) >= 11 is 0. The van der Waals surface area contributed by atoms with E-state index in [4.69, 9.17) is 9.47 Å². The Hall–Kier alpha value is -1.55. The molecule has 1 rings (SSSR count). The van der Waals surface area contributed by atoms with Crippen molar-refractivity contribution in [2.24, 2.45) is 0 Å². The maximum Gasteiger partial charge on any atom is 0.223 e. The summed E-state index contributed by atoms with van der Waals surface area (Å²) in [6.07, 6.45) is 0.350. The van der Waals surface area contributed by atoms with Gasteiger partial charge in [0, 0.05) is 13.2 Å². The standard InChI is InChI=1S/C14H21NO3/c1-11-6-4-5-7-13(11)18-9-8-14(16)15-12(2)10-17-3/h4-7,12H,8-10H2,1-3H3,(H,15,16)/t12-/m0/s1. The number of benzene rings is 1. The van der Waals surface area contributed by atoms with Crippen LogP contribution in [0.5, 0.6) is 5.75 Å². The molecular weight excluding hydrogens is 230 g/mol. The van der Waals surface area contributed by atoms with E-state index in [1.165, 1.54) is 0 Å². The van der Waals surface area contributed by atoms with E-state index < -0.39 is 0 Å². The average molecular weight is 251 g/mol. The van der Waals surface area contributed by atoms with Crippen molar-refractivity contribution in [2.75, 3.05) is 20.3 Å². The molecule has 0 saturated carbocycles. The minimum Gasteiger partial charge on any atom is -0.493 e.